The van der Waals surface area contributed by atoms with Gasteiger partial charge in [-0.3, -0.25) is 0 Å². The highest BCUT2D eigenvalue weighted by atomic mass is 16.5. The Morgan fingerprint density at radius 3 is 1.79 bits per heavy atom. The van der Waals surface area contributed by atoms with Crippen molar-refractivity contribution in [2.24, 2.45) is 0 Å². The first-order chi connectivity index (χ1) is 13.7. The number of carbonyl (C=O) groups is 1. The predicted octanol–water partition coefficient (Wildman–Crippen LogP) is 5.33. The van der Waals surface area contributed by atoms with E-state index in [2.05, 4.69) is 18.8 Å². The average molecular weight is 370 g/mol. The minimum atomic E-state index is -0.331. The molecule has 0 radical (unpaired) electrons. The molecule has 0 saturated heterocycles. The molecule has 0 amide bonds. The Balaban J connectivity index is 1.68. The highest BCUT2D eigenvalue weighted by Gasteiger charge is 2.05. The summed E-state index contributed by atoms with van der Waals surface area (Å²) in [5.74, 6) is 6.89. The third-order valence-corrected chi connectivity index (χ3v) is 4.20. The number of ether oxygens (including phenoxy) is 2. The molecule has 0 aliphatic heterocycles. The van der Waals surface area contributed by atoms with Crippen molar-refractivity contribution < 1.29 is 14.3 Å². The first-order valence-corrected chi connectivity index (χ1v) is 9.23. The van der Waals surface area contributed by atoms with Crippen molar-refractivity contribution in [2.75, 3.05) is 13.7 Å². The summed E-state index contributed by atoms with van der Waals surface area (Å²) in [5.41, 5.74) is 4.54. The second-order valence-corrected chi connectivity index (χ2v) is 6.27. The van der Waals surface area contributed by atoms with E-state index in [9.17, 15) is 4.79 Å². The molecule has 3 rings (SSSR count). The summed E-state index contributed by atoms with van der Waals surface area (Å²) in [6, 6.07) is 23.2. The van der Waals surface area contributed by atoms with Gasteiger partial charge in [0.15, 0.2) is 0 Å². The molecule has 0 atom stereocenters. The van der Waals surface area contributed by atoms with Gasteiger partial charge in [-0.05, 0) is 66.1 Å². The van der Waals surface area contributed by atoms with E-state index in [1.54, 1.807) is 12.1 Å². The standard InChI is InChI=1S/C25H22O3/c1-3-18-28-24-16-8-20(9-17-24)5-4-19-6-10-21(11-7-19)22-12-14-23(15-13-22)25(26)27-2/h6-17H,3,18H2,1-2H3. The van der Waals surface area contributed by atoms with Crippen LogP contribution in [-0.2, 0) is 4.74 Å². The zero-order valence-electron chi connectivity index (χ0n) is 16.1. The summed E-state index contributed by atoms with van der Waals surface area (Å²) in [4.78, 5) is 11.5. The molecule has 0 aliphatic carbocycles. The molecule has 0 spiro atoms. The maximum absolute atomic E-state index is 11.5. The van der Waals surface area contributed by atoms with E-state index in [0.29, 0.717) is 5.56 Å². The molecule has 0 heterocycles. The molecule has 3 nitrogen and oxygen atoms in total. The van der Waals surface area contributed by atoms with Gasteiger partial charge in [-0.1, -0.05) is 43.0 Å². The van der Waals surface area contributed by atoms with E-state index in [-0.39, 0.29) is 5.97 Å². The molecule has 0 unspecified atom stereocenters. The summed E-state index contributed by atoms with van der Waals surface area (Å²) in [5, 5.41) is 0. The zero-order chi connectivity index (χ0) is 19.8. The van der Waals surface area contributed by atoms with E-state index in [0.717, 1.165) is 41.0 Å². The van der Waals surface area contributed by atoms with E-state index >= 15 is 0 Å². The fourth-order valence-electron chi connectivity index (χ4n) is 2.66. The monoisotopic (exact) mass is 370 g/mol. The molecular weight excluding hydrogens is 348 g/mol. The highest BCUT2D eigenvalue weighted by molar-refractivity contribution is 5.90. The van der Waals surface area contributed by atoms with Gasteiger partial charge in [0.2, 0.25) is 0 Å². The normalized spacial score (nSPS) is 9.93. The van der Waals surface area contributed by atoms with E-state index in [4.69, 9.17) is 9.47 Å². The SMILES string of the molecule is CCCOc1ccc(C#Cc2ccc(-c3ccc(C(=O)OC)cc3)cc2)cc1. The van der Waals surface area contributed by atoms with Crippen LogP contribution < -0.4 is 4.74 Å². The molecule has 3 aromatic rings. The Bertz CT molecular complexity index is 973. The quantitative estimate of drug-likeness (QED) is 0.450. The molecular formula is C25H22O3. The number of rotatable bonds is 5. The van der Waals surface area contributed by atoms with Crippen LogP contribution in [0, 0.1) is 11.8 Å². The Labute approximate surface area is 165 Å². The lowest BCUT2D eigenvalue weighted by molar-refractivity contribution is 0.0601. The van der Waals surface area contributed by atoms with Gasteiger partial charge in [0.05, 0.1) is 19.3 Å². The summed E-state index contributed by atoms with van der Waals surface area (Å²) in [6.45, 7) is 2.81. The van der Waals surface area contributed by atoms with Crippen LogP contribution in [0.4, 0.5) is 0 Å². The molecule has 0 aromatic heterocycles. The van der Waals surface area contributed by atoms with Crippen LogP contribution in [0.2, 0.25) is 0 Å². The van der Waals surface area contributed by atoms with Crippen molar-refractivity contribution >= 4 is 5.97 Å². The molecule has 0 N–H and O–H groups in total. The first-order valence-electron chi connectivity index (χ1n) is 9.23. The van der Waals surface area contributed by atoms with E-state index in [1.165, 1.54) is 7.11 Å². The van der Waals surface area contributed by atoms with Gasteiger partial charge < -0.3 is 9.47 Å². The lowest BCUT2D eigenvalue weighted by atomic mass is 10.0. The summed E-state index contributed by atoms with van der Waals surface area (Å²) in [6.07, 6.45) is 0.993. The van der Waals surface area contributed by atoms with Gasteiger partial charge >= 0.3 is 5.97 Å². The average Bonchev–Trinajstić information content (AvgIpc) is 2.77. The Kier molecular flexibility index (Phi) is 6.49. The molecule has 0 fully saturated rings. The third kappa shape index (κ3) is 5.02. The summed E-state index contributed by atoms with van der Waals surface area (Å²) >= 11 is 0. The molecule has 3 heteroatoms. The van der Waals surface area contributed by atoms with Crippen LogP contribution in [0.1, 0.15) is 34.8 Å². The van der Waals surface area contributed by atoms with Gasteiger partial charge in [0.1, 0.15) is 5.75 Å². The number of carbonyl (C=O) groups excluding carboxylic acids is 1. The van der Waals surface area contributed by atoms with Crippen LogP contribution >= 0.6 is 0 Å². The van der Waals surface area contributed by atoms with Crippen molar-refractivity contribution in [3.63, 3.8) is 0 Å². The van der Waals surface area contributed by atoms with Crippen molar-refractivity contribution in [1.82, 2.24) is 0 Å². The van der Waals surface area contributed by atoms with Gasteiger partial charge in [-0.25, -0.2) is 4.79 Å². The van der Waals surface area contributed by atoms with Crippen LogP contribution in [0.5, 0.6) is 5.75 Å². The third-order valence-electron chi connectivity index (χ3n) is 4.20. The number of hydrogen-bond acceptors (Lipinski definition) is 3. The zero-order valence-corrected chi connectivity index (χ0v) is 16.1. The molecule has 28 heavy (non-hydrogen) atoms. The minimum absolute atomic E-state index is 0.331. The maximum Gasteiger partial charge on any atom is 0.337 e. The van der Waals surface area contributed by atoms with Crippen molar-refractivity contribution in [3.05, 3.63) is 89.5 Å². The number of methoxy groups -OCH3 is 1. The number of benzene rings is 3. The van der Waals surface area contributed by atoms with Crippen molar-refractivity contribution in [2.45, 2.75) is 13.3 Å². The van der Waals surface area contributed by atoms with Crippen LogP contribution in [0.25, 0.3) is 11.1 Å². The Morgan fingerprint density at radius 2 is 1.29 bits per heavy atom. The Morgan fingerprint density at radius 1 is 0.786 bits per heavy atom. The smallest absolute Gasteiger partial charge is 0.337 e. The predicted molar refractivity (Wildman–Crippen MR) is 111 cm³/mol. The van der Waals surface area contributed by atoms with E-state index in [1.807, 2.05) is 60.7 Å². The molecule has 0 saturated carbocycles. The second-order valence-electron chi connectivity index (χ2n) is 6.27. The van der Waals surface area contributed by atoms with Gasteiger partial charge in [0.25, 0.3) is 0 Å². The number of esters is 1. The van der Waals surface area contributed by atoms with Gasteiger partial charge in [0, 0.05) is 11.1 Å². The highest BCUT2D eigenvalue weighted by Crippen LogP contribution is 2.20. The second kappa shape index (κ2) is 9.43. The molecule has 0 aliphatic rings. The fourth-order valence-corrected chi connectivity index (χ4v) is 2.66. The van der Waals surface area contributed by atoms with Crippen LogP contribution in [-0.4, -0.2) is 19.7 Å². The maximum atomic E-state index is 11.5. The largest absolute Gasteiger partial charge is 0.494 e. The topological polar surface area (TPSA) is 35.5 Å². The van der Waals surface area contributed by atoms with E-state index < -0.39 is 0 Å². The van der Waals surface area contributed by atoms with Crippen molar-refractivity contribution in [3.8, 4) is 28.7 Å². The Hall–Kier alpha value is -3.51. The lowest BCUT2D eigenvalue weighted by Gasteiger charge is -2.04. The fraction of sp³-hybridized carbons (Fsp3) is 0.160. The summed E-state index contributed by atoms with van der Waals surface area (Å²) in [7, 11) is 1.38. The molecule has 0 bridgehead atoms. The number of hydrogen-bond donors (Lipinski definition) is 0. The van der Waals surface area contributed by atoms with Crippen LogP contribution in [0.15, 0.2) is 72.8 Å². The lowest BCUT2D eigenvalue weighted by Crippen LogP contribution is -2.00. The minimum Gasteiger partial charge on any atom is -0.494 e. The van der Waals surface area contributed by atoms with Gasteiger partial charge in [-0.15, -0.1) is 0 Å². The van der Waals surface area contributed by atoms with Crippen LogP contribution in [0.3, 0.4) is 0 Å². The van der Waals surface area contributed by atoms with Gasteiger partial charge in [-0.2, -0.15) is 0 Å². The van der Waals surface area contributed by atoms with Crippen molar-refractivity contribution in [1.29, 1.82) is 0 Å². The molecule has 3 aromatic carbocycles. The summed E-state index contributed by atoms with van der Waals surface area (Å²) < 4.78 is 10.3. The molecule has 140 valence electrons. The first kappa shape index (κ1) is 19.3.